The molecule has 170 valence electrons. The largest absolute Gasteiger partial charge is 0.441 e. The number of nitrogens with one attached hydrogen (secondary N) is 1. The van der Waals surface area contributed by atoms with Crippen LogP contribution in [0.25, 0.3) is 11.1 Å². The summed E-state index contributed by atoms with van der Waals surface area (Å²) in [6.07, 6.45) is 1.24. The van der Waals surface area contributed by atoms with Gasteiger partial charge in [0.25, 0.3) is 0 Å². The first-order valence-electron chi connectivity index (χ1n) is 10.7. The molecule has 0 aliphatic rings. The monoisotopic (exact) mass is 454 g/mol. The Morgan fingerprint density at radius 1 is 0.971 bits per heavy atom. The Balaban J connectivity index is 1.43. The molecule has 1 amide bonds. The third kappa shape index (κ3) is 5.27. The lowest BCUT2D eigenvalue weighted by molar-refractivity contribution is -0.107. The van der Waals surface area contributed by atoms with E-state index in [1.807, 2.05) is 66.7 Å². The summed E-state index contributed by atoms with van der Waals surface area (Å²) in [4.78, 5) is 36.0. The van der Waals surface area contributed by atoms with Crippen molar-refractivity contribution in [2.45, 2.75) is 19.4 Å². The van der Waals surface area contributed by atoms with Crippen molar-refractivity contribution >= 4 is 23.9 Å². The summed E-state index contributed by atoms with van der Waals surface area (Å²) in [6, 6.07) is 24.0. The number of carbonyl (C=O) groups excluding carboxylic acids is 3. The number of anilines is 1. The number of hydrogen-bond acceptors (Lipinski definition) is 6. The van der Waals surface area contributed by atoms with Crippen LogP contribution in [0.5, 0.6) is 0 Å². The van der Waals surface area contributed by atoms with Crippen molar-refractivity contribution < 1.29 is 23.6 Å². The molecule has 0 bridgehead atoms. The molecule has 1 heterocycles. The summed E-state index contributed by atoms with van der Waals surface area (Å²) >= 11 is 0. The van der Waals surface area contributed by atoms with Crippen LogP contribution in [0.15, 0.2) is 89.6 Å². The first kappa shape index (κ1) is 22.7. The van der Waals surface area contributed by atoms with Gasteiger partial charge in [-0.3, -0.25) is 10.1 Å². The maximum Gasteiger partial charge on any atom is 0.412 e. The van der Waals surface area contributed by atoms with E-state index in [2.05, 4.69) is 10.5 Å². The predicted octanol–water partition coefficient (Wildman–Crippen LogP) is 5.62. The number of benzene rings is 3. The molecule has 0 aliphatic heterocycles. The number of amides is 1. The highest BCUT2D eigenvalue weighted by molar-refractivity contribution is 6.12. The summed E-state index contributed by atoms with van der Waals surface area (Å²) in [5.41, 5.74) is 4.18. The van der Waals surface area contributed by atoms with Crippen molar-refractivity contribution in [2.75, 3.05) is 5.32 Å². The fourth-order valence-electron chi connectivity index (χ4n) is 3.46. The van der Waals surface area contributed by atoms with E-state index in [1.54, 1.807) is 19.1 Å². The molecule has 4 rings (SSSR count). The normalized spacial score (nSPS) is 11.4. The number of ether oxygens (including phenoxy) is 1. The second kappa shape index (κ2) is 10.4. The van der Waals surface area contributed by atoms with Gasteiger partial charge in [0.05, 0.1) is 0 Å². The lowest BCUT2D eigenvalue weighted by Gasteiger charge is -2.13. The Morgan fingerprint density at radius 2 is 1.62 bits per heavy atom. The SMILES string of the molecule is CC(OC(=O)Nc1conc1C(=O)c1ccc(-c2ccc(CC=O)cc2)cc1)c1ccccc1. The fraction of sp³-hybridized carbons (Fsp3) is 0.111. The van der Waals surface area contributed by atoms with Crippen molar-refractivity contribution in [3.8, 4) is 11.1 Å². The van der Waals surface area contributed by atoms with Crippen LogP contribution in [0.4, 0.5) is 10.5 Å². The van der Waals surface area contributed by atoms with E-state index >= 15 is 0 Å². The molecule has 0 saturated heterocycles. The van der Waals surface area contributed by atoms with Crippen LogP contribution >= 0.6 is 0 Å². The van der Waals surface area contributed by atoms with E-state index in [1.165, 1.54) is 6.26 Å². The van der Waals surface area contributed by atoms with Crippen LogP contribution in [0, 0.1) is 0 Å². The molecule has 7 nitrogen and oxygen atoms in total. The zero-order chi connectivity index (χ0) is 23.9. The van der Waals surface area contributed by atoms with Crippen LogP contribution in [-0.4, -0.2) is 23.3 Å². The molecule has 3 aromatic carbocycles. The Kier molecular flexibility index (Phi) is 6.93. The van der Waals surface area contributed by atoms with Gasteiger partial charge in [-0.15, -0.1) is 0 Å². The quantitative estimate of drug-likeness (QED) is 0.274. The molecule has 0 radical (unpaired) electrons. The summed E-state index contributed by atoms with van der Waals surface area (Å²) < 4.78 is 10.3. The van der Waals surface area contributed by atoms with E-state index in [9.17, 15) is 14.4 Å². The lowest BCUT2D eigenvalue weighted by atomic mass is 10.00. The standard InChI is InChI=1S/C27H22N2O5/c1-18(20-5-3-2-4-6-20)34-27(32)28-24-17-33-29-25(24)26(31)23-13-11-22(12-14-23)21-9-7-19(8-10-21)15-16-30/h2-14,16-18H,15H2,1H3,(H,28,32). The Bertz CT molecular complexity index is 1280. The van der Waals surface area contributed by atoms with E-state index in [0.29, 0.717) is 12.0 Å². The van der Waals surface area contributed by atoms with Crippen molar-refractivity contribution in [3.05, 3.63) is 108 Å². The smallest absolute Gasteiger partial charge is 0.412 e. The first-order chi connectivity index (χ1) is 16.5. The van der Waals surface area contributed by atoms with Gasteiger partial charge >= 0.3 is 6.09 Å². The molecule has 1 unspecified atom stereocenters. The molecule has 34 heavy (non-hydrogen) atoms. The second-order valence-corrected chi connectivity index (χ2v) is 7.63. The van der Waals surface area contributed by atoms with Gasteiger partial charge in [-0.2, -0.15) is 0 Å². The molecule has 1 N–H and O–H groups in total. The highest BCUT2D eigenvalue weighted by Gasteiger charge is 2.21. The maximum atomic E-state index is 13.0. The number of carbonyl (C=O) groups is 3. The van der Waals surface area contributed by atoms with Crippen LogP contribution in [0.2, 0.25) is 0 Å². The van der Waals surface area contributed by atoms with Crippen LogP contribution in [0.1, 0.15) is 40.2 Å². The first-order valence-corrected chi connectivity index (χ1v) is 10.7. The minimum atomic E-state index is -0.720. The van der Waals surface area contributed by atoms with Gasteiger partial charge in [-0.25, -0.2) is 4.79 Å². The van der Waals surface area contributed by atoms with Gasteiger partial charge in [0.2, 0.25) is 5.78 Å². The van der Waals surface area contributed by atoms with Gasteiger partial charge in [-0.05, 0) is 29.2 Å². The van der Waals surface area contributed by atoms with Crippen molar-refractivity contribution in [3.63, 3.8) is 0 Å². The van der Waals surface area contributed by atoms with Crippen molar-refractivity contribution in [1.82, 2.24) is 5.16 Å². The molecule has 7 heteroatoms. The molecule has 4 aromatic rings. The van der Waals surface area contributed by atoms with Crippen LogP contribution < -0.4 is 5.32 Å². The molecule has 0 fully saturated rings. The van der Waals surface area contributed by atoms with E-state index in [0.717, 1.165) is 28.5 Å². The van der Waals surface area contributed by atoms with Crippen LogP contribution in [0.3, 0.4) is 0 Å². The van der Waals surface area contributed by atoms with E-state index in [4.69, 9.17) is 9.26 Å². The summed E-state index contributed by atoms with van der Waals surface area (Å²) in [5.74, 6) is -0.395. The van der Waals surface area contributed by atoms with E-state index in [-0.39, 0.29) is 11.4 Å². The zero-order valence-electron chi connectivity index (χ0n) is 18.4. The Hall–Kier alpha value is -4.52. The fourth-order valence-corrected chi connectivity index (χ4v) is 3.46. The van der Waals surface area contributed by atoms with Gasteiger partial charge in [-0.1, -0.05) is 84.0 Å². The minimum absolute atomic E-state index is 0.0183. The molecule has 0 aliphatic carbocycles. The number of ketones is 1. The second-order valence-electron chi connectivity index (χ2n) is 7.63. The highest BCUT2D eigenvalue weighted by atomic mass is 16.6. The average molecular weight is 454 g/mol. The number of hydrogen-bond donors (Lipinski definition) is 1. The number of aldehydes is 1. The predicted molar refractivity (Wildman–Crippen MR) is 127 cm³/mol. The van der Waals surface area contributed by atoms with E-state index < -0.39 is 18.0 Å². The summed E-state index contributed by atoms with van der Waals surface area (Å²) in [7, 11) is 0. The van der Waals surface area contributed by atoms with Crippen molar-refractivity contribution in [2.24, 2.45) is 0 Å². The average Bonchev–Trinajstić information content (AvgIpc) is 3.32. The number of rotatable bonds is 8. The maximum absolute atomic E-state index is 13.0. The minimum Gasteiger partial charge on any atom is -0.441 e. The molecule has 1 aromatic heterocycles. The Morgan fingerprint density at radius 3 is 2.26 bits per heavy atom. The molecule has 0 spiro atoms. The topological polar surface area (TPSA) is 98.5 Å². The van der Waals surface area contributed by atoms with Gasteiger partial charge in [0.15, 0.2) is 5.69 Å². The molecule has 1 atom stereocenters. The molecular formula is C27H22N2O5. The lowest BCUT2D eigenvalue weighted by Crippen LogP contribution is -2.17. The Labute approximate surface area is 196 Å². The number of aromatic nitrogens is 1. The third-order valence-electron chi connectivity index (χ3n) is 5.33. The number of nitrogens with zero attached hydrogens (tertiary/aromatic N) is 1. The zero-order valence-corrected chi connectivity index (χ0v) is 18.4. The molecule has 0 saturated carbocycles. The van der Waals surface area contributed by atoms with Gasteiger partial charge in [0, 0.05) is 12.0 Å². The van der Waals surface area contributed by atoms with Gasteiger partial charge < -0.3 is 14.1 Å². The van der Waals surface area contributed by atoms with Crippen molar-refractivity contribution in [1.29, 1.82) is 0 Å². The summed E-state index contributed by atoms with van der Waals surface area (Å²) in [5, 5.41) is 6.30. The third-order valence-corrected chi connectivity index (χ3v) is 5.33. The highest BCUT2D eigenvalue weighted by Crippen LogP contribution is 2.24. The van der Waals surface area contributed by atoms with Crippen LogP contribution in [-0.2, 0) is 16.0 Å². The molecular weight excluding hydrogens is 432 g/mol. The summed E-state index contributed by atoms with van der Waals surface area (Å²) in [6.45, 7) is 1.76. The van der Waals surface area contributed by atoms with Gasteiger partial charge in [0.1, 0.15) is 24.3 Å².